The molecule has 158 valence electrons. The SMILES string of the molecule is Cc1ccc2c(c1)CCCN2C(=O)c1cnc(N2CCOCC2)nc1-c1ccccn1. The Morgan fingerprint density at radius 2 is 1.94 bits per heavy atom. The van der Waals surface area contributed by atoms with E-state index < -0.39 is 0 Å². The molecule has 7 heteroatoms. The number of aromatic nitrogens is 3. The van der Waals surface area contributed by atoms with Gasteiger partial charge in [0.15, 0.2) is 0 Å². The fourth-order valence-electron chi connectivity index (χ4n) is 4.23. The summed E-state index contributed by atoms with van der Waals surface area (Å²) in [7, 11) is 0. The zero-order valence-corrected chi connectivity index (χ0v) is 17.6. The van der Waals surface area contributed by atoms with Crippen molar-refractivity contribution in [2.75, 3.05) is 42.6 Å². The molecule has 0 aliphatic carbocycles. The molecular weight excluding hydrogens is 390 g/mol. The normalized spacial score (nSPS) is 16.2. The molecule has 7 nitrogen and oxygen atoms in total. The summed E-state index contributed by atoms with van der Waals surface area (Å²) in [6.45, 7) is 5.52. The molecule has 4 heterocycles. The van der Waals surface area contributed by atoms with Gasteiger partial charge in [0.1, 0.15) is 5.69 Å². The third-order valence-electron chi connectivity index (χ3n) is 5.81. The standard InChI is InChI=1S/C24H25N5O2/c1-17-7-8-21-18(15-17)5-4-10-29(21)23(30)19-16-26-24(28-11-13-31-14-12-28)27-22(19)20-6-2-3-9-25-20/h2-3,6-9,15-16H,4-5,10-14H2,1H3. The van der Waals surface area contributed by atoms with Gasteiger partial charge in [-0.3, -0.25) is 9.78 Å². The lowest BCUT2D eigenvalue weighted by Gasteiger charge is -2.31. The van der Waals surface area contributed by atoms with Gasteiger partial charge in [-0.15, -0.1) is 0 Å². The van der Waals surface area contributed by atoms with Gasteiger partial charge in [-0.1, -0.05) is 23.8 Å². The van der Waals surface area contributed by atoms with E-state index in [1.807, 2.05) is 29.2 Å². The lowest BCUT2D eigenvalue weighted by atomic mass is 9.98. The van der Waals surface area contributed by atoms with Gasteiger partial charge in [-0.25, -0.2) is 9.97 Å². The number of morpholine rings is 1. The summed E-state index contributed by atoms with van der Waals surface area (Å²) < 4.78 is 5.45. The molecular formula is C24H25N5O2. The van der Waals surface area contributed by atoms with Crippen molar-refractivity contribution in [2.45, 2.75) is 19.8 Å². The number of benzene rings is 1. The second-order valence-corrected chi connectivity index (χ2v) is 7.94. The zero-order valence-electron chi connectivity index (χ0n) is 17.6. The summed E-state index contributed by atoms with van der Waals surface area (Å²) in [4.78, 5) is 31.5. The first kappa shape index (κ1) is 19.6. The molecule has 1 amide bonds. The molecule has 0 saturated carbocycles. The van der Waals surface area contributed by atoms with E-state index in [0.29, 0.717) is 42.7 Å². The Morgan fingerprint density at radius 3 is 2.74 bits per heavy atom. The van der Waals surface area contributed by atoms with Crippen molar-refractivity contribution < 1.29 is 9.53 Å². The lowest BCUT2D eigenvalue weighted by molar-refractivity contribution is 0.0985. The number of fused-ring (bicyclic) bond motifs is 1. The third-order valence-corrected chi connectivity index (χ3v) is 5.81. The number of pyridine rings is 1. The van der Waals surface area contributed by atoms with Crippen LogP contribution in [0.1, 0.15) is 27.9 Å². The zero-order chi connectivity index (χ0) is 21.2. The number of hydrogen-bond donors (Lipinski definition) is 0. The van der Waals surface area contributed by atoms with Crippen molar-refractivity contribution in [3.8, 4) is 11.4 Å². The van der Waals surface area contributed by atoms with Crippen LogP contribution >= 0.6 is 0 Å². The third kappa shape index (κ3) is 3.88. The molecule has 0 N–H and O–H groups in total. The number of nitrogens with zero attached hydrogens (tertiary/aromatic N) is 5. The molecule has 0 radical (unpaired) electrons. The van der Waals surface area contributed by atoms with E-state index in [1.165, 1.54) is 11.1 Å². The van der Waals surface area contributed by atoms with E-state index in [4.69, 9.17) is 9.72 Å². The van der Waals surface area contributed by atoms with Crippen LogP contribution in [0, 0.1) is 6.92 Å². The minimum absolute atomic E-state index is 0.0843. The van der Waals surface area contributed by atoms with E-state index in [-0.39, 0.29) is 5.91 Å². The van der Waals surface area contributed by atoms with E-state index in [1.54, 1.807) is 12.4 Å². The van der Waals surface area contributed by atoms with Gasteiger partial charge in [0, 0.05) is 37.7 Å². The van der Waals surface area contributed by atoms with E-state index in [0.717, 1.165) is 31.6 Å². The topological polar surface area (TPSA) is 71.5 Å². The minimum Gasteiger partial charge on any atom is -0.378 e. The largest absolute Gasteiger partial charge is 0.378 e. The number of carbonyl (C=O) groups excluding carboxylic acids is 1. The van der Waals surface area contributed by atoms with Crippen LogP contribution in [-0.4, -0.2) is 53.7 Å². The van der Waals surface area contributed by atoms with Gasteiger partial charge >= 0.3 is 0 Å². The van der Waals surface area contributed by atoms with Gasteiger partial charge in [0.05, 0.1) is 24.5 Å². The Hall–Kier alpha value is -3.32. The van der Waals surface area contributed by atoms with E-state index in [2.05, 4.69) is 33.9 Å². The van der Waals surface area contributed by atoms with Gasteiger partial charge < -0.3 is 14.5 Å². The van der Waals surface area contributed by atoms with Crippen LogP contribution in [0.5, 0.6) is 0 Å². The van der Waals surface area contributed by atoms with E-state index in [9.17, 15) is 4.79 Å². The van der Waals surface area contributed by atoms with Gasteiger partial charge in [0.25, 0.3) is 5.91 Å². The molecule has 5 rings (SSSR count). The highest BCUT2D eigenvalue weighted by molar-refractivity contribution is 6.10. The Labute approximate surface area is 181 Å². The van der Waals surface area contributed by atoms with Crippen LogP contribution in [0.15, 0.2) is 48.8 Å². The van der Waals surface area contributed by atoms with Crippen molar-refractivity contribution in [1.82, 2.24) is 15.0 Å². The summed E-state index contributed by atoms with van der Waals surface area (Å²) in [5.74, 6) is 0.522. The maximum atomic E-state index is 13.7. The molecule has 3 aromatic rings. The second-order valence-electron chi connectivity index (χ2n) is 7.94. The molecule has 31 heavy (non-hydrogen) atoms. The van der Waals surface area contributed by atoms with Gasteiger partial charge in [0.2, 0.25) is 5.95 Å². The summed E-state index contributed by atoms with van der Waals surface area (Å²) >= 11 is 0. The fraction of sp³-hybridized carbons (Fsp3) is 0.333. The number of anilines is 2. The number of amides is 1. The summed E-state index contributed by atoms with van der Waals surface area (Å²) in [5.41, 5.74) is 5.12. The number of carbonyl (C=O) groups is 1. The Bertz CT molecular complexity index is 1100. The Kier molecular flexibility index (Phi) is 5.34. The molecule has 2 aliphatic heterocycles. The molecule has 0 bridgehead atoms. The first-order valence-corrected chi connectivity index (χ1v) is 10.7. The predicted molar refractivity (Wildman–Crippen MR) is 119 cm³/mol. The maximum absolute atomic E-state index is 13.7. The predicted octanol–water partition coefficient (Wildman–Crippen LogP) is 3.28. The lowest BCUT2D eigenvalue weighted by Crippen LogP contribution is -2.38. The molecule has 0 spiro atoms. The molecule has 2 aromatic heterocycles. The van der Waals surface area contributed by atoms with Crippen molar-refractivity contribution in [3.63, 3.8) is 0 Å². The van der Waals surface area contributed by atoms with Crippen molar-refractivity contribution in [1.29, 1.82) is 0 Å². The summed E-state index contributed by atoms with van der Waals surface area (Å²) in [5, 5.41) is 0. The molecule has 2 aliphatic rings. The Morgan fingerprint density at radius 1 is 1.06 bits per heavy atom. The van der Waals surface area contributed by atoms with Crippen molar-refractivity contribution in [3.05, 3.63) is 65.5 Å². The van der Waals surface area contributed by atoms with Crippen LogP contribution in [0.25, 0.3) is 11.4 Å². The van der Waals surface area contributed by atoms with Crippen molar-refractivity contribution >= 4 is 17.5 Å². The molecule has 1 fully saturated rings. The molecule has 0 unspecified atom stereocenters. The molecule has 1 aromatic carbocycles. The monoisotopic (exact) mass is 415 g/mol. The minimum atomic E-state index is -0.0843. The maximum Gasteiger partial charge on any atom is 0.262 e. The average molecular weight is 415 g/mol. The van der Waals surface area contributed by atoms with Gasteiger partial charge in [-0.2, -0.15) is 0 Å². The smallest absolute Gasteiger partial charge is 0.262 e. The number of aryl methyl sites for hydroxylation is 2. The number of hydrogen-bond acceptors (Lipinski definition) is 6. The number of ether oxygens (including phenoxy) is 1. The molecule has 0 atom stereocenters. The quantitative estimate of drug-likeness (QED) is 0.654. The highest BCUT2D eigenvalue weighted by Crippen LogP contribution is 2.31. The van der Waals surface area contributed by atoms with Crippen LogP contribution in [0.2, 0.25) is 0 Å². The average Bonchev–Trinajstić information content (AvgIpc) is 2.84. The van der Waals surface area contributed by atoms with Gasteiger partial charge in [-0.05, 0) is 43.5 Å². The van der Waals surface area contributed by atoms with Crippen LogP contribution in [0.3, 0.4) is 0 Å². The first-order chi connectivity index (χ1) is 15.2. The van der Waals surface area contributed by atoms with Crippen LogP contribution < -0.4 is 9.80 Å². The number of rotatable bonds is 3. The second kappa shape index (κ2) is 8.43. The summed E-state index contributed by atoms with van der Waals surface area (Å²) in [6.07, 6.45) is 5.31. The first-order valence-electron chi connectivity index (χ1n) is 10.7. The highest BCUT2D eigenvalue weighted by atomic mass is 16.5. The summed E-state index contributed by atoms with van der Waals surface area (Å²) in [6, 6.07) is 11.9. The van der Waals surface area contributed by atoms with Crippen molar-refractivity contribution in [2.24, 2.45) is 0 Å². The van der Waals surface area contributed by atoms with E-state index >= 15 is 0 Å². The molecule has 1 saturated heterocycles. The van der Waals surface area contributed by atoms with Crippen LogP contribution in [-0.2, 0) is 11.2 Å². The Balaban J connectivity index is 1.56. The highest BCUT2D eigenvalue weighted by Gasteiger charge is 2.28. The fourth-order valence-corrected chi connectivity index (χ4v) is 4.23. The van der Waals surface area contributed by atoms with Crippen LogP contribution in [0.4, 0.5) is 11.6 Å².